The molecule has 0 aliphatic heterocycles. The molecule has 80 valence electrons. The summed E-state index contributed by atoms with van der Waals surface area (Å²) < 4.78 is 6.22. The van der Waals surface area contributed by atoms with E-state index in [9.17, 15) is 0 Å². The van der Waals surface area contributed by atoms with E-state index in [1.54, 1.807) is 23.9 Å². The van der Waals surface area contributed by atoms with E-state index in [0.717, 1.165) is 23.3 Å². The summed E-state index contributed by atoms with van der Waals surface area (Å²) in [6.45, 7) is 0.779. The van der Waals surface area contributed by atoms with Gasteiger partial charge >= 0.3 is 0 Å². The van der Waals surface area contributed by atoms with Crippen LogP contribution in [-0.4, -0.2) is 4.98 Å². The monoisotopic (exact) mass is 230 g/mol. The van der Waals surface area contributed by atoms with Gasteiger partial charge in [0.05, 0.1) is 28.3 Å². The standard InChI is InChI=1S/C12H10N2OS/c1-2-11-12(16-8-14-11)5-10(1)13-6-9-3-4-15-7-9/h1-5,7-8,13H,6H2. The smallest absolute Gasteiger partial charge is 0.0952 e. The highest BCUT2D eigenvalue weighted by Crippen LogP contribution is 2.22. The van der Waals surface area contributed by atoms with Gasteiger partial charge < -0.3 is 9.73 Å². The van der Waals surface area contributed by atoms with Crippen molar-refractivity contribution in [1.82, 2.24) is 4.98 Å². The Balaban J connectivity index is 1.78. The first-order chi connectivity index (χ1) is 7.92. The normalized spacial score (nSPS) is 10.8. The van der Waals surface area contributed by atoms with Crippen molar-refractivity contribution in [3.8, 4) is 0 Å². The average molecular weight is 230 g/mol. The van der Waals surface area contributed by atoms with Crippen LogP contribution in [0.3, 0.4) is 0 Å². The largest absolute Gasteiger partial charge is 0.472 e. The van der Waals surface area contributed by atoms with Crippen LogP contribution >= 0.6 is 11.3 Å². The second kappa shape index (κ2) is 3.98. The molecule has 0 bridgehead atoms. The Labute approximate surface area is 96.7 Å². The molecule has 4 heteroatoms. The molecular formula is C12H10N2OS. The molecule has 3 rings (SSSR count). The van der Waals surface area contributed by atoms with Crippen molar-refractivity contribution >= 4 is 27.2 Å². The van der Waals surface area contributed by atoms with Gasteiger partial charge in [0.25, 0.3) is 0 Å². The minimum Gasteiger partial charge on any atom is -0.472 e. The van der Waals surface area contributed by atoms with E-state index >= 15 is 0 Å². The van der Waals surface area contributed by atoms with Crippen LogP contribution in [0.25, 0.3) is 10.2 Å². The van der Waals surface area contributed by atoms with Crippen molar-refractivity contribution in [3.05, 3.63) is 47.9 Å². The zero-order valence-electron chi connectivity index (χ0n) is 8.51. The van der Waals surface area contributed by atoms with Gasteiger partial charge in [-0.05, 0) is 24.3 Å². The Hall–Kier alpha value is -1.81. The number of hydrogen-bond acceptors (Lipinski definition) is 4. The number of rotatable bonds is 3. The van der Waals surface area contributed by atoms with Gasteiger partial charge in [0.2, 0.25) is 0 Å². The molecule has 0 unspecified atom stereocenters. The number of hydrogen-bond donors (Lipinski definition) is 1. The number of fused-ring (bicyclic) bond motifs is 1. The lowest BCUT2D eigenvalue weighted by Crippen LogP contribution is -1.97. The SMILES string of the molecule is c1cc(CNc2ccc3ncsc3c2)co1. The van der Waals surface area contributed by atoms with Crippen LogP contribution < -0.4 is 5.32 Å². The Morgan fingerprint density at radius 3 is 3.19 bits per heavy atom. The lowest BCUT2D eigenvalue weighted by molar-refractivity contribution is 0.564. The topological polar surface area (TPSA) is 38.1 Å². The molecule has 16 heavy (non-hydrogen) atoms. The maximum Gasteiger partial charge on any atom is 0.0952 e. The summed E-state index contributed by atoms with van der Waals surface area (Å²) in [5.74, 6) is 0. The van der Waals surface area contributed by atoms with Crippen molar-refractivity contribution in [1.29, 1.82) is 0 Å². The Morgan fingerprint density at radius 2 is 2.31 bits per heavy atom. The molecule has 0 spiro atoms. The van der Waals surface area contributed by atoms with Crippen LogP contribution in [0.1, 0.15) is 5.56 Å². The highest BCUT2D eigenvalue weighted by Gasteiger charge is 1.99. The first-order valence-electron chi connectivity index (χ1n) is 5.00. The lowest BCUT2D eigenvalue weighted by Gasteiger charge is -2.03. The number of furan rings is 1. The van der Waals surface area contributed by atoms with Crippen molar-refractivity contribution in [2.75, 3.05) is 5.32 Å². The fourth-order valence-electron chi connectivity index (χ4n) is 1.56. The highest BCUT2D eigenvalue weighted by atomic mass is 32.1. The van der Waals surface area contributed by atoms with Crippen molar-refractivity contribution < 1.29 is 4.42 Å². The second-order valence-electron chi connectivity index (χ2n) is 3.52. The predicted molar refractivity (Wildman–Crippen MR) is 65.7 cm³/mol. The van der Waals surface area contributed by atoms with Gasteiger partial charge in [-0.25, -0.2) is 4.98 Å². The van der Waals surface area contributed by atoms with Gasteiger partial charge in [0, 0.05) is 17.8 Å². The summed E-state index contributed by atoms with van der Waals surface area (Å²) in [7, 11) is 0. The average Bonchev–Trinajstić information content (AvgIpc) is 2.97. The molecular weight excluding hydrogens is 220 g/mol. The molecule has 3 nitrogen and oxygen atoms in total. The third-order valence-corrected chi connectivity index (χ3v) is 3.20. The summed E-state index contributed by atoms with van der Waals surface area (Å²) in [5, 5.41) is 3.35. The summed E-state index contributed by atoms with van der Waals surface area (Å²) in [6.07, 6.45) is 3.43. The first-order valence-corrected chi connectivity index (χ1v) is 5.88. The molecule has 0 fully saturated rings. The second-order valence-corrected chi connectivity index (χ2v) is 4.41. The molecule has 1 aromatic carbocycles. The lowest BCUT2D eigenvalue weighted by atomic mass is 10.3. The van der Waals surface area contributed by atoms with Gasteiger partial charge in [-0.3, -0.25) is 0 Å². The summed E-state index contributed by atoms with van der Waals surface area (Å²) >= 11 is 1.66. The van der Waals surface area contributed by atoms with E-state index in [-0.39, 0.29) is 0 Å². The van der Waals surface area contributed by atoms with E-state index in [4.69, 9.17) is 4.42 Å². The maximum absolute atomic E-state index is 5.01. The molecule has 0 atom stereocenters. The molecule has 0 saturated carbocycles. The summed E-state index contributed by atoms with van der Waals surface area (Å²) in [5.41, 5.74) is 5.17. The van der Waals surface area contributed by atoms with Gasteiger partial charge in [-0.15, -0.1) is 11.3 Å². The molecule has 2 aromatic heterocycles. The molecule has 0 amide bonds. The van der Waals surface area contributed by atoms with Crippen LogP contribution in [-0.2, 0) is 6.54 Å². The third-order valence-electron chi connectivity index (χ3n) is 2.41. The van der Waals surface area contributed by atoms with Crippen molar-refractivity contribution in [3.63, 3.8) is 0 Å². The van der Waals surface area contributed by atoms with Gasteiger partial charge in [0.1, 0.15) is 0 Å². The zero-order valence-corrected chi connectivity index (χ0v) is 9.33. The van der Waals surface area contributed by atoms with Gasteiger partial charge in [-0.1, -0.05) is 0 Å². The van der Waals surface area contributed by atoms with E-state index < -0.39 is 0 Å². The molecule has 0 aliphatic rings. The van der Waals surface area contributed by atoms with E-state index in [1.165, 1.54) is 4.70 Å². The third kappa shape index (κ3) is 1.79. The first kappa shape index (κ1) is 9.42. The van der Waals surface area contributed by atoms with Crippen LogP contribution in [0.2, 0.25) is 0 Å². The fourth-order valence-corrected chi connectivity index (χ4v) is 2.28. The van der Waals surface area contributed by atoms with Gasteiger partial charge in [0.15, 0.2) is 0 Å². The Bertz CT molecular complexity index is 586. The number of aromatic nitrogens is 1. The predicted octanol–water partition coefficient (Wildman–Crippen LogP) is 3.50. The molecule has 2 heterocycles. The molecule has 1 N–H and O–H groups in total. The van der Waals surface area contributed by atoms with Crippen LogP contribution in [0.15, 0.2) is 46.7 Å². The van der Waals surface area contributed by atoms with E-state index in [1.807, 2.05) is 23.7 Å². The Morgan fingerprint density at radius 1 is 1.31 bits per heavy atom. The Kier molecular flexibility index (Phi) is 2.34. The van der Waals surface area contributed by atoms with E-state index in [0.29, 0.717) is 0 Å². The molecule has 0 radical (unpaired) electrons. The van der Waals surface area contributed by atoms with Gasteiger partial charge in [-0.2, -0.15) is 0 Å². The highest BCUT2D eigenvalue weighted by molar-refractivity contribution is 7.16. The summed E-state index contributed by atoms with van der Waals surface area (Å²) in [6, 6.07) is 8.15. The van der Waals surface area contributed by atoms with E-state index in [2.05, 4.69) is 16.4 Å². The number of anilines is 1. The quantitative estimate of drug-likeness (QED) is 0.748. The minimum atomic E-state index is 0.779. The zero-order chi connectivity index (χ0) is 10.8. The van der Waals surface area contributed by atoms with Crippen molar-refractivity contribution in [2.45, 2.75) is 6.54 Å². The number of thiazole rings is 1. The minimum absolute atomic E-state index is 0.779. The molecule has 3 aromatic rings. The molecule has 0 aliphatic carbocycles. The molecule has 0 saturated heterocycles. The van der Waals surface area contributed by atoms with Crippen LogP contribution in [0, 0.1) is 0 Å². The van der Waals surface area contributed by atoms with Crippen LogP contribution in [0.5, 0.6) is 0 Å². The van der Waals surface area contributed by atoms with Crippen molar-refractivity contribution in [2.24, 2.45) is 0 Å². The van der Waals surface area contributed by atoms with Crippen LogP contribution in [0.4, 0.5) is 5.69 Å². The summed E-state index contributed by atoms with van der Waals surface area (Å²) in [4.78, 5) is 4.25. The number of nitrogens with zero attached hydrogens (tertiary/aromatic N) is 1. The maximum atomic E-state index is 5.01. The number of nitrogens with one attached hydrogen (secondary N) is 1. The fraction of sp³-hybridized carbons (Fsp3) is 0.0833. The number of benzene rings is 1.